The zero-order chi connectivity index (χ0) is 58.5. The molecule has 81 heavy (non-hydrogen) atoms. The minimum atomic E-state index is -1.68. The van der Waals surface area contributed by atoms with Crippen molar-refractivity contribution in [1.29, 1.82) is 0 Å². The summed E-state index contributed by atoms with van der Waals surface area (Å²) in [4.78, 5) is 40.6. The van der Waals surface area contributed by atoms with E-state index in [1.807, 2.05) is 44.2 Å². The maximum absolute atomic E-state index is 13.9. The lowest BCUT2D eigenvalue weighted by Gasteiger charge is -2.66. The predicted octanol–water partition coefficient (Wildman–Crippen LogP) is 2.89. The van der Waals surface area contributed by atoms with E-state index in [0.29, 0.717) is 44.9 Å². The van der Waals surface area contributed by atoms with Crippen LogP contribution in [0.4, 0.5) is 0 Å². The van der Waals surface area contributed by atoms with Crippen molar-refractivity contribution in [3.63, 3.8) is 0 Å². The van der Waals surface area contributed by atoms with E-state index >= 15 is 0 Å². The van der Waals surface area contributed by atoms with Gasteiger partial charge in [0, 0.05) is 64.4 Å². The molecule has 22 heteroatoms. The third kappa shape index (κ3) is 12.0. The largest absolute Gasteiger partial charge is 0.458 e. The highest BCUT2D eigenvalue weighted by molar-refractivity contribution is 5.87. The topological polar surface area (TPSA) is 293 Å². The van der Waals surface area contributed by atoms with Gasteiger partial charge >= 0.3 is 11.9 Å². The molecule has 6 N–H and O–H groups in total. The van der Waals surface area contributed by atoms with Gasteiger partial charge in [-0.15, -0.1) is 0 Å². The lowest BCUT2D eigenvalue weighted by atomic mass is 9.41. The molecule has 456 valence electrons. The van der Waals surface area contributed by atoms with Gasteiger partial charge in [0.2, 0.25) is 0 Å². The molecule has 4 heterocycles. The molecule has 4 saturated carbocycles. The smallest absolute Gasteiger partial charge is 0.331 e. The molecule has 9 rings (SSSR count). The van der Waals surface area contributed by atoms with Crippen molar-refractivity contribution in [2.75, 3.05) is 27.9 Å². The third-order valence-electron chi connectivity index (χ3n) is 20.0. The van der Waals surface area contributed by atoms with Gasteiger partial charge in [-0.05, 0) is 102 Å². The summed E-state index contributed by atoms with van der Waals surface area (Å²) in [6.45, 7) is 11.6. The number of aliphatic hydroxyl groups excluding tert-OH is 5. The van der Waals surface area contributed by atoms with Gasteiger partial charge in [-0.25, -0.2) is 4.79 Å². The average molecular weight is 1150 g/mol. The van der Waals surface area contributed by atoms with Crippen molar-refractivity contribution < 1.29 is 107 Å². The number of hydrogen-bond donors (Lipinski definition) is 6. The summed E-state index contributed by atoms with van der Waals surface area (Å²) in [5.41, 5.74) is -2.28. The number of hydrogen-bond acceptors (Lipinski definition) is 22. The fraction of sp³-hybridized carbons (Fsp3) is 0.814. The van der Waals surface area contributed by atoms with Crippen LogP contribution in [0.1, 0.15) is 112 Å². The van der Waals surface area contributed by atoms with Gasteiger partial charge in [-0.3, -0.25) is 9.59 Å². The van der Waals surface area contributed by atoms with Crippen molar-refractivity contribution in [1.82, 2.24) is 0 Å². The minimum absolute atomic E-state index is 0.0823. The highest BCUT2D eigenvalue weighted by Gasteiger charge is 2.76. The number of aliphatic hydroxyl groups is 6. The molecule has 1 aromatic carbocycles. The summed E-state index contributed by atoms with van der Waals surface area (Å²) in [5, 5.41) is 65.7. The summed E-state index contributed by atoms with van der Waals surface area (Å²) in [6.07, 6.45) is -12.7. The van der Waals surface area contributed by atoms with Crippen LogP contribution < -0.4 is 0 Å². The fourth-order valence-corrected chi connectivity index (χ4v) is 15.8. The summed E-state index contributed by atoms with van der Waals surface area (Å²) < 4.78 is 81.0. The van der Waals surface area contributed by atoms with Crippen LogP contribution >= 0.6 is 0 Å². The van der Waals surface area contributed by atoms with Gasteiger partial charge in [0.05, 0.1) is 48.8 Å². The molecule has 22 nitrogen and oxygen atoms in total. The van der Waals surface area contributed by atoms with Crippen LogP contribution in [0, 0.1) is 34.5 Å². The average Bonchev–Trinajstić information content (AvgIpc) is 3.69. The van der Waals surface area contributed by atoms with Gasteiger partial charge in [-0.2, -0.15) is 0 Å². The zero-order valence-corrected chi connectivity index (χ0v) is 48.3. The molecule has 8 fully saturated rings. The second-order valence-corrected chi connectivity index (χ2v) is 24.5. The highest BCUT2D eigenvalue weighted by atomic mass is 16.8. The summed E-state index contributed by atoms with van der Waals surface area (Å²) >= 11 is 0. The van der Waals surface area contributed by atoms with Gasteiger partial charge in [0.15, 0.2) is 25.2 Å². The first-order valence-electron chi connectivity index (χ1n) is 29.0. The summed E-state index contributed by atoms with van der Waals surface area (Å²) in [7, 11) is 4.52. The number of Topliss-reactive ketones (excluding diaryl/α,β-unsaturated/α-hetero) is 1. The van der Waals surface area contributed by atoms with Crippen LogP contribution in [0.2, 0.25) is 0 Å². The Kier molecular flexibility index (Phi) is 19.6. The molecule has 0 bridgehead atoms. The van der Waals surface area contributed by atoms with E-state index in [-0.39, 0.29) is 30.1 Å². The molecule has 0 spiro atoms. The van der Waals surface area contributed by atoms with Crippen molar-refractivity contribution in [3.05, 3.63) is 42.0 Å². The minimum Gasteiger partial charge on any atom is -0.458 e. The second kappa shape index (κ2) is 25.5. The Morgan fingerprint density at radius 2 is 1.27 bits per heavy atom. The normalized spacial score (nSPS) is 48.1. The first-order chi connectivity index (χ1) is 38.5. The molecule has 8 aliphatic rings. The van der Waals surface area contributed by atoms with E-state index in [9.17, 15) is 45.0 Å². The molecule has 28 atom stereocenters. The van der Waals surface area contributed by atoms with Crippen molar-refractivity contribution >= 4 is 23.8 Å². The predicted molar refractivity (Wildman–Crippen MR) is 283 cm³/mol. The van der Waals surface area contributed by atoms with E-state index in [1.54, 1.807) is 27.0 Å². The van der Waals surface area contributed by atoms with Crippen LogP contribution in [-0.2, 0) is 76.0 Å². The molecule has 4 aliphatic carbocycles. The number of carbonyl (C=O) groups excluding carboxylic acids is 3. The Morgan fingerprint density at radius 3 is 1.89 bits per heavy atom. The summed E-state index contributed by atoms with van der Waals surface area (Å²) in [6, 6.07) is 9.34. The van der Waals surface area contributed by atoms with Crippen molar-refractivity contribution in [2.45, 2.75) is 241 Å². The second-order valence-electron chi connectivity index (χ2n) is 24.5. The van der Waals surface area contributed by atoms with Crippen LogP contribution in [0.15, 0.2) is 36.4 Å². The zero-order valence-electron chi connectivity index (χ0n) is 48.3. The third-order valence-corrected chi connectivity index (χ3v) is 20.0. The maximum atomic E-state index is 13.9. The lowest BCUT2D eigenvalue weighted by molar-refractivity contribution is -0.373. The van der Waals surface area contributed by atoms with Gasteiger partial charge in [-0.1, -0.05) is 44.2 Å². The van der Waals surface area contributed by atoms with Crippen LogP contribution in [-0.4, -0.2) is 211 Å². The number of fused-ring (bicyclic) bond motifs is 5. The standard InChI is InChI=1S/C59H88O22/c1-28(61)36-21-23-59(68)37-18-17-34-24-35(20-22-57(34,6)44(37)52(75-32(5)62)54(58(36,59)7)78-41(63)19-16-33-14-12-11-13-15-33)76-42-25-38(69-8)49(29(2)72-42)79-43-26-39(70-9)50(30(3)73-43)80-56-48(67)53(71-10)51(31(4)74-56)81-55-47(66)46(65)45(64)40(27-60)77-55/h11-16,19,29-31,34-40,42-56,60,64-68H,17-18,20-27H2,1-10H3/b19-16+. The first-order valence-corrected chi connectivity index (χ1v) is 29.0. The molecule has 28 unspecified atom stereocenters. The Morgan fingerprint density at radius 1 is 0.654 bits per heavy atom. The molecule has 0 aromatic heterocycles. The van der Waals surface area contributed by atoms with Crippen molar-refractivity contribution in [2.24, 2.45) is 34.5 Å². The molecular formula is C59H88O22. The van der Waals surface area contributed by atoms with E-state index in [4.69, 9.17) is 61.6 Å². The first kappa shape index (κ1) is 62.4. The van der Waals surface area contributed by atoms with E-state index in [1.165, 1.54) is 34.1 Å². The Balaban J connectivity index is 0.825. The number of esters is 2. The molecule has 1 aromatic rings. The Bertz CT molecular complexity index is 2330. The van der Waals surface area contributed by atoms with Gasteiger partial charge < -0.3 is 92.2 Å². The van der Waals surface area contributed by atoms with Crippen LogP contribution in [0.5, 0.6) is 0 Å². The van der Waals surface area contributed by atoms with E-state index in [0.717, 1.165) is 12.0 Å². The monoisotopic (exact) mass is 1150 g/mol. The molecule has 4 aliphatic heterocycles. The number of carbonyl (C=O) groups is 3. The summed E-state index contributed by atoms with van der Waals surface area (Å²) in [5.74, 6) is -2.55. The number of ether oxygens (including phenoxy) is 13. The Labute approximate surface area is 474 Å². The molecule has 0 amide bonds. The maximum Gasteiger partial charge on any atom is 0.331 e. The van der Waals surface area contributed by atoms with Gasteiger partial charge in [0.1, 0.15) is 72.9 Å². The van der Waals surface area contributed by atoms with E-state index in [2.05, 4.69) is 6.92 Å². The highest BCUT2D eigenvalue weighted by Crippen LogP contribution is 2.70. The lowest BCUT2D eigenvalue weighted by Crippen LogP contribution is -2.73. The molecule has 0 radical (unpaired) electrons. The molecule has 4 saturated heterocycles. The van der Waals surface area contributed by atoms with Crippen LogP contribution in [0.3, 0.4) is 0 Å². The van der Waals surface area contributed by atoms with Crippen LogP contribution in [0.25, 0.3) is 6.08 Å². The Hall–Kier alpha value is -3.11. The van der Waals surface area contributed by atoms with E-state index < -0.39 is 170 Å². The molecular weight excluding hydrogens is 1060 g/mol. The number of benzene rings is 1. The number of rotatable bonds is 17. The SMILES string of the molecule is COC1CC(OC2CCC3(C)C(CCC4C3C(OC(C)=O)C(OC(=O)/C=C/c3ccccc3)C3(C)C(C(C)=O)CCC43O)C2)OC(C)C1OC1CC(OC)C(OC2OC(C)C(OC3OC(CO)C(O)C(O)C3O)C(OC)C2O)C(C)O1. The fourth-order valence-electron chi connectivity index (χ4n) is 15.8. The number of ketones is 1. The number of methoxy groups -OCH3 is 3. The van der Waals surface area contributed by atoms with Gasteiger partial charge in [0.25, 0.3) is 0 Å². The van der Waals surface area contributed by atoms with Crippen molar-refractivity contribution in [3.8, 4) is 0 Å². The quantitative estimate of drug-likeness (QED) is 0.0743.